The maximum atomic E-state index is 13.6. The van der Waals surface area contributed by atoms with Crippen molar-refractivity contribution in [3.8, 4) is 0 Å². The second-order valence-corrected chi connectivity index (χ2v) is 8.10. The SMILES string of the molecule is O=C(NC1CCCCC1)C1(C(=O)N(Cc2ccccc2)c2ccccc2)CC1. The molecule has 2 aliphatic carbocycles. The van der Waals surface area contributed by atoms with Gasteiger partial charge in [-0.2, -0.15) is 0 Å². The Labute approximate surface area is 166 Å². The maximum Gasteiger partial charge on any atom is 0.242 e. The average molecular weight is 377 g/mol. The van der Waals surface area contributed by atoms with Crippen molar-refractivity contribution in [1.82, 2.24) is 5.32 Å². The summed E-state index contributed by atoms with van der Waals surface area (Å²) in [6, 6.07) is 19.9. The highest BCUT2D eigenvalue weighted by Crippen LogP contribution is 2.48. The molecule has 2 amide bonds. The fourth-order valence-corrected chi connectivity index (χ4v) is 4.15. The van der Waals surface area contributed by atoms with Gasteiger partial charge in [-0.25, -0.2) is 0 Å². The molecule has 2 aromatic carbocycles. The number of nitrogens with zero attached hydrogens (tertiary/aromatic N) is 1. The van der Waals surface area contributed by atoms with Crippen LogP contribution in [0.5, 0.6) is 0 Å². The molecule has 2 saturated carbocycles. The van der Waals surface area contributed by atoms with E-state index in [1.54, 1.807) is 4.90 Å². The van der Waals surface area contributed by atoms with Crippen LogP contribution in [-0.2, 0) is 16.1 Å². The van der Waals surface area contributed by atoms with Gasteiger partial charge in [0.05, 0.1) is 6.54 Å². The molecule has 2 fully saturated rings. The van der Waals surface area contributed by atoms with E-state index in [1.165, 1.54) is 6.42 Å². The van der Waals surface area contributed by atoms with Crippen LogP contribution < -0.4 is 10.2 Å². The van der Waals surface area contributed by atoms with Crippen molar-refractivity contribution in [2.75, 3.05) is 4.90 Å². The molecule has 2 aliphatic rings. The number of rotatable bonds is 6. The standard InChI is InChI=1S/C24H28N2O2/c27-22(25-20-12-6-2-7-13-20)24(16-17-24)23(28)26(21-14-8-3-9-15-21)18-19-10-4-1-5-11-19/h1,3-5,8-11,14-15,20H,2,6-7,12-13,16-18H2,(H,25,27). The summed E-state index contributed by atoms with van der Waals surface area (Å²) in [5.41, 5.74) is 1.01. The smallest absolute Gasteiger partial charge is 0.242 e. The lowest BCUT2D eigenvalue weighted by Gasteiger charge is -2.29. The number of carbonyl (C=O) groups is 2. The summed E-state index contributed by atoms with van der Waals surface area (Å²) in [6.45, 7) is 0.474. The molecule has 0 unspecified atom stereocenters. The van der Waals surface area contributed by atoms with Crippen LogP contribution in [0.4, 0.5) is 5.69 Å². The minimum atomic E-state index is -0.887. The molecule has 28 heavy (non-hydrogen) atoms. The van der Waals surface area contributed by atoms with Gasteiger partial charge in [-0.3, -0.25) is 9.59 Å². The van der Waals surface area contributed by atoms with E-state index < -0.39 is 5.41 Å². The van der Waals surface area contributed by atoms with Gasteiger partial charge in [0, 0.05) is 11.7 Å². The molecule has 0 atom stereocenters. The molecule has 146 valence electrons. The zero-order chi connectivity index (χ0) is 19.4. The zero-order valence-corrected chi connectivity index (χ0v) is 16.3. The van der Waals surface area contributed by atoms with Crippen molar-refractivity contribution in [3.63, 3.8) is 0 Å². The fraction of sp³-hybridized carbons (Fsp3) is 0.417. The van der Waals surface area contributed by atoms with Crippen molar-refractivity contribution in [3.05, 3.63) is 66.2 Å². The number of nitrogens with one attached hydrogen (secondary N) is 1. The predicted octanol–water partition coefficient (Wildman–Crippen LogP) is 4.45. The minimum Gasteiger partial charge on any atom is -0.352 e. The Hall–Kier alpha value is -2.62. The maximum absolute atomic E-state index is 13.6. The first-order valence-electron chi connectivity index (χ1n) is 10.4. The monoisotopic (exact) mass is 376 g/mol. The van der Waals surface area contributed by atoms with E-state index in [-0.39, 0.29) is 17.9 Å². The van der Waals surface area contributed by atoms with E-state index in [4.69, 9.17) is 0 Å². The summed E-state index contributed by atoms with van der Waals surface area (Å²) in [5.74, 6) is -0.144. The molecule has 0 spiro atoms. The summed E-state index contributed by atoms with van der Waals surface area (Å²) >= 11 is 0. The Morgan fingerprint density at radius 1 is 0.893 bits per heavy atom. The zero-order valence-electron chi connectivity index (χ0n) is 16.3. The Morgan fingerprint density at radius 3 is 2.11 bits per heavy atom. The Kier molecular flexibility index (Phi) is 5.47. The van der Waals surface area contributed by atoms with E-state index >= 15 is 0 Å². The van der Waals surface area contributed by atoms with Gasteiger partial charge < -0.3 is 10.2 Å². The third-order valence-corrected chi connectivity index (χ3v) is 6.03. The lowest BCUT2D eigenvalue weighted by molar-refractivity contribution is -0.136. The third-order valence-electron chi connectivity index (χ3n) is 6.03. The van der Waals surface area contributed by atoms with Crippen molar-refractivity contribution < 1.29 is 9.59 Å². The first-order valence-corrected chi connectivity index (χ1v) is 10.4. The van der Waals surface area contributed by atoms with E-state index in [0.29, 0.717) is 19.4 Å². The largest absolute Gasteiger partial charge is 0.352 e. The van der Waals surface area contributed by atoms with Gasteiger partial charge in [0.15, 0.2) is 0 Å². The Balaban J connectivity index is 1.55. The van der Waals surface area contributed by atoms with Crippen LogP contribution in [-0.4, -0.2) is 17.9 Å². The van der Waals surface area contributed by atoms with Crippen molar-refractivity contribution in [2.45, 2.75) is 57.5 Å². The van der Waals surface area contributed by atoms with Crippen LogP contribution in [0.3, 0.4) is 0 Å². The number of hydrogen-bond acceptors (Lipinski definition) is 2. The lowest BCUT2D eigenvalue weighted by atomic mass is 9.94. The first-order chi connectivity index (χ1) is 13.7. The molecule has 0 saturated heterocycles. The fourth-order valence-electron chi connectivity index (χ4n) is 4.15. The molecule has 0 radical (unpaired) electrons. The highest BCUT2D eigenvalue weighted by atomic mass is 16.2. The molecule has 4 nitrogen and oxygen atoms in total. The number of amides is 2. The minimum absolute atomic E-state index is 0.0709. The van der Waals surface area contributed by atoms with Crippen LogP contribution in [0.2, 0.25) is 0 Å². The van der Waals surface area contributed by atoms with Gasteiger partial charge in [-0.05, 0) is 43.4 Å². The van der Waals surface area contributed by atoms with E-state index in [2.05, 4.69) is 5.32 Å². The molecule has 0 heterocycles. The molecule has 0 aliphatic heterocycles. The summed E-state index contributed by atoms with van der Waals surface area (Å²) in [6.07, 6.45) is 6.91. The van der Waals surface area contributed by atoms with Crippen LogP contribution in [0.15, 0.2) is 60.7 Å². The van der Waals surface area contributed by atoms with Gasteiger partial charge in [0.2, 0.25) is 11.8 Å². The third kappa shape index (κ3) is 3.96. The van der Waals surface area contributed by atoms with Crippen molar-refractivity contribution in [1.29, 1.82) is 0 Å². The number of hydrogen-bond donors (Lipinski definition) is 1. The van der Waals surface area contributed by atoms with Crippen LogP contribution in [0.1, 0.15) is 50.5 Å². The molecular formula is C24H28N2O2. The van der Waals surface area contributed by atoms with Gasteiger partial charge >= 0.3 is 0 Å². The highest BCUT2D eigenvalue weighted by molar-refractivity contribution is 6.14. The highest BCUT2D eigenvalue weighted by Gasteiger charge is 2.58. The Morgan fingerprint density at radius 2 is 1.50 bits per heavy atom. The number of para-hydroxylation sites is 1. The van der Waals surface area contributed by atoms with E-state index in [9.17, 15) is 9.59 Å². The molecule has 2 aromatic rings. The Bertz CT molecular complexity index is 809. The van der Waals surface area contributed by atoms with Gasteiger partial charge in [-0.15, -0.1) is 0 Å². The summed E-state index contributed by atoms with van der Waals surface area (Å²) < 4.78 is 0. The van der Waals surface area contributed by atoms with Gasteiger partial charge in [0.25, 0.3) is 0 Å². The van der Waals surface area contributed by atoms with Crippen LogP contribution >= 0.6 is 0 Å². The van der Waals surface area contributed by atoms with Crippen LogP contribution in [0.25, 0.3) is 0 Å². The van der Waals surface area contributed by atoms with E-state index in [0.717, 1.165) is 36.9 Å². The number of carbonyl (C=O) groups excluding carboxylic acids is 2. The molecule has 4 rings (SSSR count). The normalized spacial score (nSPS) is 18.3. The quantitative estimate of drug-likeness (QED) is 0.757. The summed E-state index contributed by atoms with van der Waals surface area (Å²) in [4.78, 5) is 28.4. The molecule has 4 heteroatoms. The molecular weight excluding hydrogens is 348 g/mol. The second kappa shape index (κ2) is 8.17. The van der Waals surface area contributed by atoms with Crippen LogP contribution in [0, 0.1) is 5.41 Å². The molecule has 0 aromatic heterocycles. The van der Waals surface area contributed by atoms with E-state index in [1.807, 2.05) is 60.7 Å². The number of anilines is 1. The predicted molar refractivity (Wildman–Crippen MR) is 111 cm³/mol. The lowest BCUT2D eigenvalue weighted by Crippen LogP contribution is -2.48. The second-order valence-electron chi connectivity index (χ2n) is 8.10. The topological polar surface area (TPSA) is 49.4 Å². The summed E-state index contributed by atoms with van der Waals surface area (Å²) in [5, 5.41) is 3.19. The average Bonchev–Trinajstić information content (AvgIpc) is 3.56. The molecule has 0 bridgehead atoms. The van der Waals surface area contributed by atoms with Gasteiger partial charge in [-0.1, -0.05) is 67.8 Å². The number of benzene rings is 2. The van der Waals surface area contributed by atoms with Crippen molar-refractivity contribution >= 4 is 17.5 Å². The first kappa shape index (κ1) is 18.7. The van der Waals surface area contributed by atoms with Crippen molar-refractivity contribution in [2.24, 2.45) is 5.41 Å². The van der Waals surface area contributed by atoms with Gasteiger partial charge in [0.1, 0.15) is 5.41 Å². The summed E-state index contributed by atoms with van der Waals surface area (Å²) in [7, 11) is 0. The molecule has 1 N–H and O–H groups in total.